The van der Waals surface area contributed by atoms with E-state index >= 15 is 0 Å². The maximum atomic E-state index is 13.3. The minimum absolute atomic E-state index is 0.0456. The number of nitrogens with one attached hydrogen (secondary N) is 1. The van der Waals surface area contributed by atoms with Crippen molar-refractivity contribution in [3.63, 3.8) is 0 Å². The molecule has 1 aliphatic heterocycles. The molecule has 0 radical (unpaired) electrons. The van der Waals surface area contributed by atoms with E-state index < -0.39 is 10.0 Å². The summed E-state index contributed by atoms with van der Waals surface area (Å²) in [6.07, 6.45) is 0. The Morgan fingerprint density at radius 1 is 0.943 bits per heavy atom. The van der Waals surface area contributed by atoms with Gasteiger partial charge in [0.2, 0.25) is 10.0 Å². The molecule has 0 aliphatic carbocycles. The summed E-state index contributed by atoms with van der Waals surface area (Å²) in [6, 6.07) is 20.1. The van der Waals surface area contributed by atoms with Gasteiger partial charge in [-0.05, 0) is 54.8 Å². The maximum Gasteiger partial charge on any atom is 0.254 e. The number of amides is 1. The molecular weight excluding hydrogens is 462 g/mol. The van der Waals surface area contributed by atoms with E-state index in [1.807, 2.05) is 30.3 Å². The van der Waals surface area contributed by atoms with Gasteiger partial charge in [0.1, 0.15) is 10.6 Å². The summed E-state index contributed by atoms with van der Waals surface area (Å²) in [7, 11) is -2.48. The largest absolute Gasteiger partial charge is 0.495 e. The molecule has 1 heterocycles. The van der Waals surface area contributed by atoms with Gasteiger partial charge < -0.3 is 14.5 Å². The van der Waals surface area contributed by atoms with E-state index in [1.54, 1.807) is 11.0 Å². The third-order valence-electron chi connectivity index (χ3n) is 6.49. The van der Waals surface area contributed by atoms with E-state index in [0.717, 1.165) is 18.7 Å². The van der Waals surface area contributed by atoms with Crippen molar-refractivity contribution in [2.24, 2.45) is 0 Å². The Bertz CT molecular complexity index is 1300. The van der Waals surface area contributed by atoms with Gasteiger partial charge in [-0.2, -0.15) is 0 Å². The number of piperazine rings is 1. The van der Waals surface area contributed by atoms with Gasteiger partial charge in [-0.1, -0.05) is 42.5 Å². The number of ether oxygens (including phenoxy) is 1. The summed E-state index contributed by atoms with van der Waals surface area (Å²) in [6.45, 7) is 6.92. The molecule has 1 amide bonds. The molecule has 1 fully saturated rings. The zero-order valence-corrected chi connectivity index (χ0v) is 21.1. The zero-order valence-electron chi connectivity index (χ0n) is 20.3. The van der Waals surface area contributed by atoms with Gasteiger partial charge >= 0.3 is 0 Å². The Hall–Kier alpha value is -3.36. The van der Waals surface area contributed by atoms with Gasteiger partial charge in [0.25, 0.3) is 5.91 Å². The van der Waals surface area contributed by atoms with Gasteiger partial charge in [-0.3, -0.25) is 4.79 Å². The van der Waals surface area contributed by atoms with Crippen LogP contribution < -0.4 is 14.4 Å². The van der Waals surface area contributed by atoms with E-state index in [0.29, 0.717) is 18.7 Å². The molecule has 4 rings (SSSR count). The minimum atomic E-state index is -3.90. The molecule has 0 spiro atoms. The number of hydrogen-bond donors (Lipinski definition) is 1. The number of carbonyl (C=O) groups is 1. The quantitative estimate of drug-likeness (QED) is 0.542. The molecular formula is C27H31N3O4S. The second-order valence-corrected chi connectivity index (χ2v) is 10.4. The molecule has 35 heavy (non-hydrogen) atoms. The van der Waals surface area contributed by atoms with Crippen molar-refractivity contribution < 1.29 is 17.9 Å². The van der Waals surface area contributed by atoms with Gasteiger partial charge in [-0.15, -0.1) is 0 Å². The first-order chi connectivity index (χ1) is 16.8. The molecule has 3 aromatic rings. The number of anilines is 1. The highest BCUT2D eigenvalue weighted by atomic mass is 32.2. The molecule has 7 nitrogen and oxygen atoms in total. The van der Waals surface area contributed by atoms with Crippen molar-refractivity contribution in [1.29, 1.82) is 0 Å². The van der Waals surface area contributed by atoms with Crippen LogP contribution in [0.3, 0.4) is 0 Å². The number of carbonyl (C=O) groups excluding carboxylic acids is 1. The molecule has 0 aromatic heterocycles. The smallest absolute Gasteiger partial charge is 0.254 e. The first-order valence-electron chi connectivity index (χ1n) is 11.6. The Balaban J connectivity index is 1.49. The van der Waals surface area contributed by atoms with E-state index in [2.05, 4.69) is 41.7 Å². The van der Waals surface area contributed by atoms with Crippen LogP contribution in [0.1, 0.15) is 27.0 Å². The van der Waals surface area contributed by atoms with Gasteiger partial charge in [0, 0.05) is 44.0 Å². The Labute approximate surface area is 207 Å². The highest BCUT2D eigenvalue weighted by molar-refractivity contribution is 7.89. The molecule has 0 bridgehead atoms. The molecule has 3 aromatic carbocycles. The topological polar surface area (TPSA) is 79.0 Å². The highest BCUT2D eigenvalue weighted by Crippen LogP contribution is 2.27. The Kier molecular flexibility index (Phi) is 7.42. The number of sulfonamides is 1. The number of rotatable bonds is 7. The lowest BCUT2D eigenvalue weighted by molar-refractivity contribution is 0.0746. The second kappa shape index (κ2) is 10.5. The molecule has 0 atom stereocenters. The molecule has 1 saturated heterocycles. The van der Waals surface area contributed by atoms with Crippen molar-refractivity contribution in [3.05, 3.63) is 89.0 Å². The summed E-state index contributed by atoms with van der Waals surface area (Å²) in [5, 5.41) is 0. The second-order valence-electron chi connectivity index (χ2n) is 8.67. The van der Waals surface area contributed by atoms with Crippen LogP contribution in [0.5, 0.6) is 5.75 Å². The zero-order chi connectivity index (χ0) is 25.0. The summed E-state index contributed by atoms with van der Waals surface area (Å²) in [5.74, 6) is 0.00892. The van der Waals surface area contributed by atoms with E-state index in [1.165, 1.54) is 36.1 Å². The number of hydrogen-bond acceptors (Lipinski definition) is 5. The van der Waals surface area contributed by atoms with Crippen molar-refractivity contribution in [1.82, 2.24) is 9.62 Å². The van der Waals surface area contributed by atoms with E-state index in [-0.39, 0.29) is 23.1 Å². The van der Waals surface area contributed by atoms with Crippen LogP contribution in [-0.4, -0.2) is 52.5 Å². The number of methoxy groups -OCH3 is 1. The lowest BCUT2D eigenvalue weighted by Crippen LogP contribution is -2.49. The van der Waals surface area contributed by atoms with Crippen LogP contribution >= 0.6 is 0 Å². The molecule has 1 aliphatic rings. The summed E-state index contributed by atoms with van der Waals surface area (Å²) in [5.41, 5.74) is 4.85. The monoisotopic (exact) mass is 493 g/mol. The van der Waals surface area contributed by atoms with Crippen molar-refractivity contribution >= 4 is 21.6 Å². The molecule has 8 heteroatoms. The van der Waals surface area contributed by atoms with Crippen molar-refractivity contribution in [2.75, 3.05) is 38.2 Å². The third-order valence-corrected chi connectivity index (χ3v) is 7.92. The first-order valence-corrected chi connectivity index (χ1v) is 13.1. The predicted molar refractivity (Wildman–Crippen MR) is 137 cm³/mol. The standard InChI is InChI=1S/C27H31N3O4S/c1-20-8-7-11-24(21(20)2)29-14-16-30(17-15-29)27(31)23-12-13-25(34-3)26(18-23)35(32,33)28-19-22-9-5-4-6-10-22/h4-13,18,28H,14-17,19H2,1-3H3. The lowest BCUT2D eigenvalue weighted by Gasteiger charge is -2.37. The van der Waals surface area contributed by atoms with Crippen molar-refractivity contribution in [3.8, 4) is 5.75 Å². The maximum absolute atomic E-state index is 13.3. The molecule has 0 saturated carbocycles. The van der Waals surface area contributed by atoms with Gasteiger partial charge in [0.05, 0.1) is 7.11 Å². The van der Waals surface area contributed by atoms with E-state index in [4.69, 9.17) is 4.74 Å². The van der Waals surface area contributed by atoms with Crippen LogP contribution in [0, 0.1) is 13.8 Å². The Morgan fingerprint density at radius 3 is 2.34 bits per heavy atom. The lowest BCUT2D eigenvalue weighted by atomic mass is 10.1. The van der Waals surface area contributed by atoms with Crippen LogP contribution in [0.4, 0.5) is 5.69 Å². The van der Waals surface area contributed by atoms with Crippen LogP contribution in [0.15, 0.2) is 71.6 Å². The molecule has 0 unspecified atom stereocenters. The minimum Gasteiger partial charge on any atom is -0.495 e. The average molecular weight is 494 g/mol. The fourth-order valence-electron chi connectivity index (χ4n) is 4.28. The van der Waals surface area contributed by atoms with Crippen LogP contribution in [0.25, 0.3) is 0 Å². The molecule has 184 valence electrons. The van der Waals surface area contributed by atoms with E-state index in [9.17, 15) is 13.2 Å². The SMILES string of the molecule is COc1ccc(C(=O)N2CCN(c3cccc(C)c3C)CC2)cc1S(=O)(=O)NCc1ccccc1. The van der Waals surface area contributed by atoms with Crippen molar-refractivity contribution in [2.45, 2.75) is 25.3 Å². The van der Waals surface area contributed by atoms with Crippen LogP contribution in [-0.2, 0) is 16.6 Å². The molecule has 1 N–H and O–H groups in total. The highest BCUT2D eigenvalue weighted by Gasteiger charge is 2.26. The number of benzene rings is 3. The number of aryl methyl sites for hydroxylation is 1. The van der Waals surface area contributed by atoms with Gasteiger partial charge in [0.15, 0.2) is 0 Å². The fourth-order valence-corrected chi connectivity index (χ4v) is 5.49. The van der Waals surface area contributed by atoms with Gasteiger partial charge in [-0.25, -0.2) is 13.1 Å². The van der Waals surface area contributed by atoms with Crippen LogP contribution in [0.2, 0.25) is 0 Å². The number of nitrogens with zero attached hydrogens (tertiary/aromatic N) is 2. The average Bonchev–Trinajstić information content (AvgIpc) is 2.89. The first kappa shape index (κ1) is 24.8. The summed E-state index contributed by atoms with van der Waals surface area (Å²) < 4.78 is 34.0. The Morgan fingerprint density at radius 2 is 1.66 bits per heavy atom. The predicted octanol–water partition coefficient (Wildman–Crippen LogP) is 3.75. The third kappa shape index (κ3) is 5.49. The fraction of sp³-hybridized carbons (Fsp3) is 0.296. The summed E-state index contributed by atoms with van der Waals surface area (Å²) >= 11 is 0. The normalized spacial score (nSPS) is 14.1. The summed E-state index contributed by atoms with van der Waals surface area (Å²) in [4.78, 5) is 17.3.